The van der Waals surface area contributed by atoms with E-state index in [1.807, 2.05) is 6.92 Å². The Morgan fingerprint density at radius 1 is 1.56 bits per heavy atom. The lowest BCUT2D eigenvalue weighted by Crippen LogP contribution is -2.33. The molecule has 0 bridgehead atoms. The van der Waals surface area contributed by atoms with Gasteiger partial charge in [0.15, 0.2) is 5.75 Å². The van der Waals surface area contributed by atoms with Crippen molar-refractivity contribution in [2.75, 3.05) is 12.3 Å². The summed E-state index contributed by atoms with van der Waals surface area (Å²) in [5.74, 6) is -0.235. The summed E-state index contributed by atoms with van der Waals surface area (Å²) in [5, 5.41) is 9.74. The van der Waals surface area contributed by atoms with Crippen LogP contribution in [0.2, 0.25) is 0 Å². The van der Waals surface area contributed by atoms with E-state index in [4.69, 9.17) is 5.73 Å². The van der Waals surface area contributed by atoms with Gasteiger partial charge in [-0.2, -0.15) is 0 Å². The quantitative estimate of drug-likeness (QED) is 0.558. The van der Waals surface area contributed by atoms with Crippen LogP contribution < -0.4 is 5.73 Å². The molecule has 1 heterocycles. The summed E-state index contributed by atoms with van der Waals surface area (Å²) in [6, 6.07) is 5.12. The van der Waals surface area contributed by atoms with Gasteiger partial charge in [0, 0.05) is 12.6 Å². The number of nitrogens with two attached hydrogens (primary N) is 1. The Balaban J connectivity index is 2.30. The van der Waals surface area contributed by atoms with E-state index in [2.05, 4.69) is 0 Å². The number of hydrogen-bond acceptors (Lipinski definition) is 3. The molecule has 3 N–H and O–H groups in total. The molecule has 1 atom stereocenters. The van der Waals surface area contributed by atoms with E-state index in [9.17, 15) is 9.90 Å². The number of rotatable bonds is 1. The fraction of sp³-hybridized carbons (Fsp3) is 0.417. The average molecular weight is 220 g/mol. The summed E-state index contributed by atoms with van der Waals surface area (Å²) in [7, 11) is 0. The van der Waals surface area contributed by atoms with Crippen molar-refractivity contribution in [2.45, 2.75) is 25.8 Å². The Hall–Kier alpha value is -1.71. The van der Waals surface area contributed by atoms with Crippen molar-refractivity contribution in [2.24, 2.45) is 0 Å². The van der Waals surface area contributed by atoms with Gasteiger partial charge >= 0.3 is 0 Å². The second-order valence-electron chi connectivity index (χ2n) is 4.23. The summed E-state index contributed by atoms with van der Waals surface area (Å²) in [6.07, 6.45) is 2.05. The molecule has 1 aliphatic rings. The van der Waals surface area contributed by atoms with Gasteiger partial charge in [0.1, 0.15) is 0 Å². The van der Waals surface area contributed by atoms with Crippen molar-refractivity contribution in [1.82, 2.24) is 4.90 Å². The third kappa shape index (κ3) is 1.71. The van der Waals surface area contributed by atoms with E-state index in [1.165, 1.54) is 0 Å². The first kappa shape index (κ1) is 10.8. The van der Waals surface area contributed by atoms with E-state index in [0.717, 1.165) is 19.4 Å². The number of carbonyl (C=O) groups is 1. The van der Waals surface area contributed by atoms with Crippen molar-refractivity contribution in [3.05, 3.63) is 23.8 Å². The van der Waals surface area contributed by atoms with Gasteiger partial charge in [0.05, 0.1) is 11.3 Å². The Bertz CT molecular complexity index is 417. The van der Waals surface area contributed by atoms with Gasteiger partial charge < -0.3 is 15.7 Å². The van der Waals surface area contributed by atoms with Crippen molar-refractivity contribution >= 4 is 11.6 Å². The molecular formula is C12H16N2O2. The maximum Gasteiger partial charge on any atom is 0.257 e. The molecule has 4 nitrogen and oxygen atoms in total. The molecule has 1 aliphatic heterocycles. The molecule has 1 saturated heterocycles. The van der Waals surface area contributed by atoms with Crippen LogP contribution in [0.3, 0.4) is 0 Å². The third-order valence-electron chi connectivity index (χ3n) is 3.11. The minimum Gasteiger partial charge on any atom is -0.505 e. The van der Waals surface area contributed by atoms with Crippen molar-refractivity contribution in [3.8, 4) is 5.75 Å². The van der Waals surface area contributed by atoms with Crippen LogP contribution in [-0.4, -0.2) is 28.5 Å². The van der Waals surface area contributed by atoms with Crippen LogP contribution in [0.1, 0.15) is 30.1 Å². The molecule has 86 valence electrons. The number of amides is 1. The zero-order chi connectivity index (χ0) is 11.7. The van der Waals surface area contributed by atoms with Gasteiger partial charge in [-0.15, -0.1) is 0 Å². The highest BCUT2D eigenvalue weighted by molar-refractivity contribution is 5.98. The monoisotopic (exact) mass is 220 g/mol. The predicted molar refractivity (Wildman–Crippen MR) is 62.3 cm³/mol. The number of benzene rings is 1. The van der Waals surface area contributed by atoms with Crippen molar-refractivity contribution in [1.29, 1.82) is 0 Å². The highest BCUT2D eigenvalue weighted by Crippen LogP contribution is 2.28. The predicted octanol–water partition coefficient (Wildman–Crippen LogP) is 1.60. The molecular weight excluding hydrogens is 204 g/mol. The fourth-order valence-electron chi connectivity index (χ4n) is 2.12. The number of phenolic OH excluding ortho intramolecular Hbond substituents is 1. The fourth-order valence-corrected chi connectivity index (χ4v) is 2.12. The molecule has 1 amide bonds. The maximum atomic E-state index is 12.1. The van der Waals surface area contributed by atoms with E-state index >= 15 is 0 Å². The minimum atomic E-state index is -0.130. The van der Waals surface area contributed by atoms with E-state index in [0.29, 0.717) is 5.56 Å². The van der Waals surface area contributed by atoms with E-state index in [1.54, 1.807) is 23.1 Å². The van der Waals surface area contributed by atoms with Crippen LogP contribution >= 0.6 is 0 Å². The molecule has 0 spiro atoms. The van der Waals surface area contributed by atoms with E-state index in [-0.39, 0.29) is 23.4 Å². The van der Waals surface area contributed by atoms with Crippen molar-refractivity contribution in [3.63, 3.8) is 0 Å². The number of anilines is 1. The molecule has 1 aromatic carbocycles. The summed E-state index contributed by atoms with van der Waals surface area (Å²) < 4.78 is 0. The van der Waals surface area contributed by atoms with Gasteiger partial charge in [0.2, 0.25) is 0 Å². The largest absolute Gasteiger partial charge is 0.505 e. The lowest BCUT2D eigenvalue weighted by atomic mass is 10.1. The van der Waals surface area contributed by atoms with Crippen LogP contribution in [0, 0.1) is 0 Å². The highest BCUT2D eigenvalue weighted by atomic mass is 16.3. The van der Waals surface area contributed by atoms with Crippen LogP contribution in [-0.2, 0) is 0 Å². The normalized spacial score (nSPS) is 20.1. The number of phenols is 1. The zero-order valence-electron chi connectivity index (χ0n) is 9.31. The molecule has 0 aliphatic carbocycles. The molecule has 0 saturated carbocycles. The molecule has 2 rings (SSSR count). The molecule has 0 aromatic heterocycles. The SMILES string of the molecule is C[C@H]1CCCN1C(=O)c1cccc(N)c1O. The zero-order valence-corrected chi connectivity index (χ0v) is 9.31. The molecule has 0 radical (unpaired) electrons. The first-order valence-corrected chi connectivity index (χ1v) is 5.49. The summed E-state index contributed by atoms with van der Waals surface area (Å²) in [6.45, 7) is 2.78. The van der Waals surface area contributed by atoms with Crippen LogP contribution in [0.5, 0.6) is 5.75 Å². The average Bonchev–Trinajstić information content (AvgIpc) is 2.68. The standard InChI is InChI=1S/C12H16N2O2/c1-8-4-3-7-14(8)12(16)9-5-2-6-10(13)11(9)15/h2,5-6,8,15H,3-4,7,13H2,1H3/t8-/m0/s1. The molecule has 16 heavy (non-hydrogen) atoms. The topological polar surface area (TPSA) is 66.6 Å². The highest BCUT2D eigenvalue weighted by Gasteiger charge is 2.27. The van der Waals surface area contributed by atoms with Crippen LogP contribution in [0.25, 0.3) is 0 Å². The molecule has 4 heteroatoms. The summed E-state index contributed by atoms with van der Waals surface area (Å²) in [5.41, 5.74) is 6.12. The van der Waals surface area contributed by atoms with Crippen LogP contribution in [0.15, 0.2) is 18.2 Å². The Morgan fingerprint density at radius 2 is 2.31 bits per heavy atom. The summed E-state index contributed by atoms with van der Waals surface area (Å²) >= 11 is 0. The first-order valence-electron chi connectivity index (χ1n) is 5.49. The Labute approximate surface area is 94.7 Å². The molecule has 0 unspecified atom stereocenters. The number of likely N-dealkylation sites (tertiary alicyclic amines) is 1. The van der Waals surface area contributed by atoms with Gasteiger partial charge in [-0.1, -0.05) is 6.07 Å². The lowest BCUT2D eigenvalue weighted by Gasteiger charge is -2.22. The number of nitrogens with zero attached hydrogens (tertiary/aromatic N) is 1. The van der Waals surface area contributed by atoms with Gasteiger partial charge in [0.25, 0.3) is 5.91 Å². The summed E-state index contributed by atoms with van der Waals surface area (Å²) in [4.78, 5) is 13.9. The van der Waals surface area contributed by atoms with E-state index < -0.39 is 0 Å². The number of para-hydroxylation sites is 1. The molecule has 1 fully saturated rings. The number of aromatic hydroxyl groups is 1. The Kier molecular flexibility index (Phi) is 2.73. The first-order chi connectivity index (χ1) is 7.61. The third-order valence-corrected chi connectivity index (χ3v) is 3.11. The van der Waals surface area contributed by atoms with Gasteiger partial charge in [-0.3, -0.25) is 4.79 Å². The Morgan fingerprint density at radius 3 is 2.94 bits per heavy atom. The minimum absolute atomic E-state index is 0.105. The second kappa shape index (κ2) is 4.04. The van der Waals surface area contributed by atoms with Gasteiger partial charge in [-0.05, 0) is 31.9 Å². The smallest absolute Gasteiger partial charge is 0.257 e. The lowest BCUT2D eigenvalue weighted by molar-refractivity contribution is 0.0744. The number of hydrogen-bond donors (Lipinski definition) is 2. The van der Waals surface area contributed by atoms with Crippen molar-refractivity contribution < 1.29 is 9.90 Å². The number of nitrogen functional groups attached to an aromatic ring is 1. The maximum absolute atomic E-state index is 12.1. The number of carbonyl (C=O) groups excluding carboxylic acids is 1. The van der Waals surface area contributed by atoms with Crippen LogP contribution in [0.4, 0.5) is 5.69 Å². The van der Waals surface area contributed by atoms with Gasteiger partial charge in [-0.25, -0.2) is 0 Å². The molecule has 1 aromatic rings. The second-order valence-corrected chi connectivity index (χ2v) is 4.23.